The van der Waals surface area contributed by atoms with E-state index >= 15 is 0 Å². The van der Waals surface area contributed by atoms with Crippen molar-refractivity contribution in [3.8, 4) is 17.2 Å². The Labute approximate surface area is 166 Å². The van der Waals surface area contributed by atoms with Gasteiger partial charge in [-0.2, -0.15) is 18.2 Å². The van der Waals surface area contributed by atoms with Crippen molar-refractivity contribution in [2.75, 3.05) is 11.5 Å². The number of aromatic hydroxyl groups is 2. The third kappa shape index (κ3) is 2.00. The molecule has 3 aliphatic heterocycles. The first-order valence-electron chi connectivity index (χ1n) is 9.00. The highest BCUT2D eigenvalue weighted by atomic mass is 19.4. The summed E-state index contributed by atoms with van der Waals surface area (Å²) in [5.41, 5.74) is 0.577. The number of fused-ring (bicyclic) bond motifs is 8. The largest absolute Gasteiger partial charge is 0.504 e. The third-order valence-corrected chi connectivity index (χ3v) is 5.72. The third-order valence-electron chi connectivity index (χ3n) is 5.72. The molecule has 1 aromatic carbocycles. The highest BCUT2D eigenvalue weighted by Gasteiger charge is 2.57. The van der Waals surface area contributed by atoms with Crippen molar-refractivity contribution >= 4 is 17.5 Å². The molecule has 7 nitrogen and oxygen atoms in total. The molecule has 0 amide bonds. The van der Waals surface area contributed by atoms with Crippen molar-refractivity contribution in [3.05, 3.63) is 59.0 Å². The Bertz CT molecular complexity index is 1270. The number of anilines is 1. The lowest BCUT2D eigenvalue weighted by Crippen LogP contribution is -2.43. The molecule has 0 bridgehead atoms. The highest BCUT2D eigenvalue weighted by molar-refractivity contribution is 6.15. The summed E-state index contributed by atoms with van der Waals surface area (Å²) in [6, 6.07) is 7.23. The summed E-state index contributed by atoms with van der Waals surface area (Å²) in [6.45, 7) is 0.181. The number of halogens is 3. The molecule has 5 heterocycles. The van der Waals surface area contributed by atoms with Gasteiger partial charge in [-0.25, -0.2) is 4.98 Å². The van der Waals surface area contributed by atoms with Crippen LogP contribution in [-0.2, 0) is 18.1 Å². The Kier molecular flexibility index (Phi) is 3.02. The van der Waals surface area contributed by atoms with Crippen LogP contribution in [0.15, 0.2) is 45.9 Å². The quantitative estimate of drug-likeness (QED) is 0.542. The number of furan rings is 1. The molecule has 1 unspecified atom stereocenters. The lowest BCUT2D eigenvalue weighted by atomic mass is 9.77. The van der Waals surface area contributed by atoms with E-state index in [0.29, 0.717) is 28.5 Å². The minimum atomic E-state index is -4.62. The van der Waals surface area contributed by atoms with Crippen LogP contribution in [0, 0.1) is 0 Å². The van der Waals surface area contributed by atoms with Crippen molar-refractivity contribution < 1.29 is 32.5 Å². The number of phenols is 2. The molecule has 152 valence electrons. The van der Waals surface area contributed by atoms with Crippen LogP contribution in [-0.4, -0.2) is 27.6 Å². The number of benzene rings is 1. The van der Waals surface area contributed by atoms with E-state index in [4.69, 9.17) is 9.15 Å². The number of ether oxygens (including phenoxy) is 1. The molecule has 2 N–H and O–H groups in total. The normalized spacial score (nSPS) is 21.0. The Hall–Kier alpha value is -3.69. The molecule has 0 fully saturated rings. The summed E-state index contributed by atoms with van der Waals surface area (Å²) in [7, 11) is 0. The molecule has 3 aliphatic rings. The zero-order valence-corrected chi connectivity index (χ0v) is 15.1. The van der Waals surface area contributed by atoms with Gasteiger partial charge in [-0.05, 0) is 18.2 Å². The zero-order valence-electron chi connectivity index (χ0n) is 15.1. The van der Waals surface area contributed by atoms with Crippen LogP contribution in [0.5, 0.6) is 17.2 Å². The molecule has 0 radical (unpaired) electrons. The number of aliphatic imine (C=N–C) groups is 1. The molecular weight excluding hydrogens is 403 g/mol. The van der Waals surface area contributed by atoms with E-state index in [9.17, 15) is 23.4 Å². The van der Waals surface area contributed by atoms with E-state index in [1.807, 2.05) is 6.07 Å². The molecular formula is C20H12F3N3O4. The van der Waals surface area contributed by atoms with Gasteiger partial charge < -0.3 is 24.3 Å². The summed E-state index contributed by atoms with van der Waals surface area (Å²) in [5, 5.41) is 20.0. The maximum absolute atomic E-state index is 13.1. The van der Waals surface area contributed by atoms with Crippen LogP contribution in [0.25, 0.3) is 0 Å². The summed E-state index contributed by atoms with van der Waals surface area (Å²) in [5.74, 6) is -0.601. The number of nitrogens with zero attached hydrogens (tertiary/aromatic N) is 3. The average Bonchev–Trinajstić information content (AvgIpc) is 3.36. The van der Waals surface area contributed by atoms with E-state index in [-0.39, 0.29) is 30.5 Å². The van der Waals surface area contributed by atoms with Crippen molar-refractivity contribution in [1.29, 1.82) is 0 Å². The number of rotatable bonds is 0. The van der Waals surface area contributed by atoms with Crippen LogP contribution in [0.3, 0.4) is 0 Å². The number of phenolic OH excluding ortho intramolecular Hbond substituents is 2. The highest BCUT2D eigenvalue weighted by Crippen LogP contribution is 2.56. The summed E-state index contributed by atoms with van der Waals surface area (Å²) < 4.78 is 50.2. The standard InChI is InChI=1S/C20H12F3N3O4/c21-20(22,23)15-4-9-7-26-16-10(2-1-3-24-16)19(18(26)25-17(9)30-15)8-29-14-6-13(28)12(27)5-11(14)19/h1-6,27-28H,7-8H2. The van der Waals surface area contributed by atoms with Crippen molar-refractivity contribution in [1.82, 2.24) is 4.98 Å². The van der Waals surface area contributed by atoms with E-state index < -0.39 is 17.4 Å². The monoisotopic (exact) mass is 415 g/mol. The molecule has 30 heavy (non-hydrogen) atoms. The van der Waals surface area contributed by atoms with Gasteiger partial charge in [0.1, 0.15) is 29.4 Å². The van der Waals surface area contributed by atoms with Gasteiger partial charge in [0.15, 0.2) is 11.5 Å². The lowest BCUT2D eigenvalue weighted by molar-refractivity contribution is -0.152. The van der Waals surface area contributed by atoms with E-state index in [1.165, 1.54) is 12.1 Å². The fourth-order valence-corrected chi connectivity index (χ4v) is 4.42. The Morgan fingerprint density at radius 3 is 2.70 bits per heavy atom. The minimum Gasteiger partial charge on any atom is -0.504 e. The maximum atomic E-state index is 13.1. The van der Waals surface area contributed by atoms with Gasteiger partial charge in [0.25, 0.3) is 0 Å². The van der Waals surface area contributed by atoms with E-state index in [0.717, 1.165) is 11.6 Å². The second-order valence-corrected chi connectivity index (χ2v) is 7.37. The van der Waals surface area contributed by atoms with Crippen LogP contribution in [0.2, 0.25) is 0 Å². The molecule has 0 aliphatic carbocycles. The fourth-order valence-electron chi connectivity index (χ4n) is 4.42. The number of amidine groups is 1. The van der Waals surface area contributed by atoms with Crippen LogP contribution < -0.4 is 9.64 Å². The second kappa shape index (κ2) is 5.26. The van der Waals surface area contributed by atoms with E-state index in [1.54, 1.807) is 17.2 Å². The van der Waals surface area contributed by atoms with Gasteiger partial charge in [-0.15, -0.1) is 0 Å². The Morgan fingerprint density at radius 1 is 1.10 bits per heavy atom. The molecule has 2 aromatic heterocycles. The van der Waals surface area contributed by atoms with Crippen molar-refractivity contribution in [2.45, 2.75) is 18.1 Å². The SMILES string of the molecule is Oc1cc2c(cc1O)C1(CO2)C2=Nc3oc(C(F)(F)F)cc3CN2c2ncccc21. The molecule has 10 heteroatoms. The van der Waals surface area contributed by atoms with Crippen LogP contribution in [0.4, 0.5) is 24.9 Å². The first-order valence-corrected chi connectivity index (χ1v) is 9.00. The lowest BCUT2D eigenvalue weighted by Gasteiger charge is -2.29. The molecule has 1 spiro atoms. The first kappa shape index (κ1) is 17.2. The predicted molar refractivity (Wildman–Crippen MR) is 97.3 cm³/mol. The topological polar surface area (TPSA) is 91.3 Å². The number of hydrogen-bond acceptors (Lipinski definition) is 7. The molecule has 6 rings (SSSR count). The Balaban J connectivity index is 1.62. The van der Waals surface area contributed by atoms with Gasteiger partial charge in [-0.1, -0.05) is 6.07 Å². The fraction of sp³-hybridized carbons (Fsp3) is 0.200. The van der Waals surface area contributed by atoms with Gasteiger partial charge in [-0.3, -0.25) is 0 Å². The molecule has 3 aromatic rings. The maximum Gasteiger partial charge on any atom is 0.449 e. The van der Waals surface area contributed by atoms with Gasteiger partial charge >= 0.3 is 6.18 Å². The van der Waals surface area contributed by atoms with Crippen molar-refractivity contribution in [3.63, 3.8) is 0 Å². The first-order chi connectivity index (χ1) is 14.3. The zero-order chi connectivity index (χ0) is 20.8. The number of alkyl halides is 3. The minimum absolute atomic E-state index is 0.0847. The number of aromatic nitrogens is 1. The van der Waals surface area contributed by atoms with Gasteiger partial charge in [0.2, 0.25) is 11.6 Å². The van der Waals surface area contributed by atoms with Crippen LogP contribution in [0.1, 0.15) is 22.5 Å². The van der Waals surface area contributed by atoms with Gasteiger partial charge in [0.05, 0.1) is 6.54 Å². The Morgan fingerprint density at radius 2 is 1.90 bits per heavy atom. The smallest absolute Gasteiger partial charge is 0.449 e. The van der Waals surface area contributed by atoms with Gasteiger partial charge in [0, 0.05) is 29.0 Å². The number of hydrogen-bond donors (Lipinski definition) is 2. The average molecular weight is 415 g/mol. The molecule has 1 atom stereocenters. The predicted octanol–water partition coefficient (Wildman–Crippen LogP) is 3.85. The summed E-state index contributed by atoms with van der Waals surface area (Å²) in [6.07, 6.45) is -3.03. The van der Waals surface area contributed by atoms with Crippen LogP contribution >= 0.6 is 0 Å². The van der Waals surface area contributed by atoms with Crippen molar-refractivity contribution in [2.24, 2.45) is 4.99 Å². The summed E-state index contributed by atoms with van der Waals surface area (Å²) in [4.78, 5) is 10.6. The number of pyridine rings is 1. The molecule has 0 saturated carbocycles. The summed E-state index contributed by atoms with van der Waals surface area (Å²) >= 11 is 0. The molecule has 0 saturated heterocycles. The second-order valence-electron chi connectivity index (χ2n) is 7.37. The van der Waals surface area contributed by atoms with E-state index in [2.05, 4.69) is 9.98 Å².